The van der Waals surface area contributed by atoms with Crippen LogP contribution < -0.4 is 46.1 Å². The Balaban J connectivity index is 0.00000484. The molecule has 1 aromatic rings. The first-order valence-corrected chi connectivity index (χ1v) is 6.69. The number of aromatic hydroxyl groups is 2. The van der Waals surface area contributed by atoms with Crippen molar-refractivity contribution in [2.24, 2.45) is 21.5 Å². The molecule has 9 heteroatoms. The van der Waals surface area contributed by atoms with Gasteiger partial charge < -0.3 is 31.6 Å². The van der Waals surface area contributed by atoms with Crippen molar-refractivity contribution < 1.29 is 49.7 Å². The van der Waals surface area contributed by atoms with Gasteiger partial charge in [-0.25, -0.2) is 0 Å². The fourth-order valence-electron chi connectivity index (χ4n) is 1.75. The second-order valence-electron chi connectivity index (χ2n) is 4.63. The molecule has 0 saturated carbocycles. The van der Waals surface area contributed by atoms with Gasteiger partial charge >= 0.3 is 29.6 Å². The zero-order chi connectivity index (χ0) is 16.5. The van der Waals surface area contributed by atoms with E-state index in [4.69, 9.17) is 11.5 Å². The second kappa shape index (κ2) is 10.9. The third-order valence-corrected chi connectivity index (χ3v) is 2.87. The minimum atomic E-state index is -1.28. The predicted molar refractivity (Wildman–Crippen MR) is 80.7 cm³/mol. The third kappa shape index (κ3) is 8.44. The molecule has 0 amide bonds. The van der Waals surface area contributed by atoms with E-state index in [0.29, 0.717) is 18.5 Å². The third-order valence-electron chi connectivity index (χ3n) is 2.87. The van der Waals surface area contributed by atoms with Gasteiger partial charge in [0.15, 0.2) is 5.96 Å². The maximum Gasteiger partial charge on any atom is 1.00 e. The van der Waals surface area contributed by atoms with E-state index in [9.17, 15) is 20.1 Å². The number of carboxylic acid groups (broad SMARTS) is 1. The molecule has 1 rings (SSSR count). The number of hydrogen-bond acceptors (Lipinski definition) is 6. The Morgan fingerprint density at radius 1 is 1.35 bits per heavy atom. The molecule has 0 saturated heterocycles. The summed E-state index contributed by atoms with van der Waals surface area (Å²) in [7, 11) is 0. The molecule has 0 heterocycles. The number of hydrogen-bond donors (Lipinski definition) is 4. The van der Waals surface area contributed by atoms with Gasteiger partial charge in [0, 0.05) is 25.2 Å². The Bertz CT molecular complexity index is 574. The van der Waals surface area contributed by atoms with Crippen LogP contribution in [0.2, 0.25) is 0 Å². The summed E-state index contributed by atoms with van der Waals surface area (Å²) in [6.07, 6.45) is 2.34. The van der Waals surface area contributed by atoms with Crippen LogP contribution in [0.3, 0.4) is 0 Å². The van der Waals surface area contributed by atoms with E-state index in [-0.39, 0.29) is 59.9 Å². The smallest absolute Gasteiger partial charge is 0.548 e. The number of carbonyl (C=O) groups excluding carboxylic acids is 1. The van der Waals surface area contributed by atoms with Crippen LogP contribution >= 0.6 is 0 Å². The molecule has 1 atom stereocenters. The summed E-state index contributed by atoms with van der Waals surface area (Å²) in [5.74, 6) is -1.46. The zero-order valence-electron chi connectivity index (χ0n) is 13.0. The Labute approximate surface area is 156 Å². The predicted octanol–water partition coefficient (Wildman–Crippen LogP) is -4.11. The molecular weight excluding hydrogens is 311 g/mol. The number of carbonyl (C=O) groups is 1. The molecule has 0 spiro atoms. The standard InChI is InChI=1S/C14H20N4O4.Na/c15-14(16)18-6-1-2-11(13(21)22)17-7-5-9-3-4-10(19)8-12(9)20;/h3-4,7-8,11,19-20H,1-2,5-6H2,(H,21,22)(H4,15,16,18);/q;+1/p-1/t11-;/m0./s1. The Kier molecular flexibility index (Phi) is 10.0. The Morgan fingerprint density at radius 2 is 2.04 bits per heavy atom. The number of guanidine groups is 1. The van der Waals surface area contributed by atoms with Gasteiger partial charge in [0.2, 0.25) is 0 Å². The van der Waals surface area contributed by atoms with Crippen LogP contribution in [0.1, 0.15) is 18.4 Å². The zero-order valence-corrected chi connectivity index (χ0v) is 15.0. The van der Waals surface area contributed by atoms with E-state index in [1.54, 1.807) is 0 Å². The molecule has 6 N–H and O–H groups in total. The quantitative estimate of drug-likeness (QED) is 0.164. The summed E-state index contributed by atoms with van der Waals surface area (Å²) in [5, 5.41) is 29.8. The Morgan fingerprint density at radius 3 is 2.61 bits per heavy atom. The maximum atomic E-state index is 11.0. The van der Waals surface area contributed by atoms with Crippen molar-refractivity contribution in [2.45, 2.75) is 25.3 Å². The Hall–Kier alpha value is -1.77. The van der Waals surface area contributed by atoms with Crippen molar-refractivity contribution in [3.63, 3.8) is 0 Å². The molecule has 0 fully saturated rings. The second-order valence-corrected chi connectivity index (χ2v) is 4.63. The van der Waals surface area contributed by atoms with Crippen molar-refractivity contribution in [2.75, 3.05) is 6.54 Å². The molecule has 0 aliphatic rings. The first kappa shape index (κ1) is 21.2. The van der Waals surface area contributed by atoms with Crippen molar-refractivity contribution in [3.8, 4) is 11.5 Å². The van der Waals surface area contributed by atoms with E-state index >= 15 is 0 Å². The number of benzene rings is 1. The average molecular weight is 330 g/mol. The molecule has 120 valence electrons. The van der Waals surface area contributed by atoms with E-state index in [1.807, 2.05) is 0 Å². The topological polar surface area (TPSA) is 157 Å². The molecular formula is C14H19N4NaO4. The van der Waals surface area contributed by atoms with Crippen LogP contribution in [0, 0.1) is 0 Å². The maximum absolute atomic E-state index is 11.0. The van der Waals surface area contributed by atoms with E-state index in [2.05, 4.69) is 9.98 Å². The molecule has 0 aromatic heterocycles. The molecule has 1 aromatic carbocycles. The molecule has 0 aliphatic heterocycles. The summed E-state index contributed by atoms with van der Waals surface area (Å²) < 4.78 is 0. The van der Waals surface area contributed by atoms with Gasteiger partial charge in [0.1, 0.15) is 11.5 Å². The minimum absolute atomic E-state index is 0. The normalized spacial score (nSPS) is 11.7. The van der Waals surface area contributed by atoms with Gasteiger partial charge in [-0.3, -0.25) is 9.98 Å². The van der Waals surface area contributed by atoms with E-state index in [0.717, 1.165) is 0 Å². The first-order chi connectivity index (χ1) is 10.4. The van der Waals surface area contributed by atoms with E-state index in [1.165, 1.54) is 24.4 Å². The van der Waals surface area contributed by atoms with Crippen LogP contribution in [-0.2, 0) is 11.2 Å². The summed E-state index contributed by atoms with van der Waals surface area (Å²) in [4.78, 5) is 18.7. The SMILES string of the molecule is NC(N)=NCCC[C@H](N=CCc1ccc(O)cc1O)C(=O)[O-].[Na+]. The van der Waals surface area contributed by atoms with Gasteiger partial charge in [0.05, 0.1) is 12.0 Å². The number of rotatable bonds is 8. The van der Waals surface area contributed by atoms with Crippen LogP contribution in [0.15, 0.2) is 28.2 Å². The molecule has 0 aliphatic carbocycles. The fourth-order valence-corrected chi connectivity index (χ4v) is 1.75. The number of carboxylic acids is 1. The van der Waals surface area contributed by atoms with Gasteiger partial charge in [-0.15, -0.1) is 0 Å². The largest absolute Gasteiger partial charge is 1.00 e. The average Bonchev–Trinajstić information content (AvgIpc) is 2.42. The van der Waals surface area contributed by atoms with Gasteiger partial charge in [-0.05, 0) is 24.5 Å². The van der Waals surface area contributed by atoms with Crippen molar-refractivity contribution >= 4 is 18.1 Å². The van der Waals surface area contributed by atoms with Crippen molar-refractivity contribution in [3.05, 3.63) is 23.8 Å². The number of aliphatic carboxylic acids is 1. The number of phenols is 2. The number of nitrogens with two attached hydrogens (primary N) is 2. The number of aliphatic imine (C=N–C) groups is 2. The van der Waals surface area contributed by atoms with Gasteiger partial charge in [0.25, 0.3) is 0 Å². The molecule has 0 radical (unpaired) electrons. The van der Waals surface area contributed by atoms with Crippen molar-refractivity contribution in [1.82, 2.24) is 0 Å². The molecule has 8 nitrogen and oxygen atoms in total. The summed E-state index contributed by atoms with van der Waals surface area (Å²) in [5.41, 5.74) is 10.9. The number of nitrogens with zero attached hydrogens (tertiary/aromatic N) is 2. The van der Waals surface area contributed by atoms with Gasteiger partial charge in [-0.1, -0.05) is 6.07 Å². The van der Waals surface area contributed by atoms with Crippen LogP contribution in [0.25, 0.3) is 0 Å². The van der Waals surface area contributed by atoms with Crippen LogP contribution in [-0.4, -0.2) is 40.9 Å². The van der Waals surface area contributed by atoms with Crippen LogP contribution in [0.4, 0.5) is 0 Å². The molecule has 23 heavy (non-hydrogen) atoms. The molecule has 0 unspecified atom stereocenters. The van der Waals surface area contributed by atoms with Gasteiger partial charge in [-0.2, -0.15) is 0 Å². The van der Waals surface area contributed by atoms with Crippen LogP contribution in [0.5, 0.6) is 11.5 Å². The summed E-state index contributed by atoms with van der Waals surface area (Å²) in [6, 6.07) is 3.17. The number of phenolic OH excluding ortho intramolecular Hbond substituents is 2. The van der Waals surface area contributed by atoms with Crippen molar-refractivity contribution in [1.29, 1.82) is 0 Å². The minimum Gasteiger partial charge on any atom is -0.548 e. The summed E-state index contributed by atoms with van der Waals surface area (Å²) in [6.45, 7) is 0.320. The fraction of sp³-hybridized carbons (Fsp3) is 0.357. The molecule has 0 bridgehead atoms. The summed E-state index contributed by atoms with van der Waals surface area (Å²) >= 11 is 0. The van der Waals surface area contributed by atoms with E-state index < -0.39 is 12.0 Å². The first-order valence-electron chi connectivity index (χ1n) is 6.69. The monoisotopic (exact) mass is 330 g/mol.